The fourth-order valence-electron chi connectivity index (χ4n) is 3.92. The number of carboxylic acids is 1. The predicted molar refractivity (Wildman–Crippen MR) is 117 cm³/mol. The van der Waals surface area contributed by atoms with Crippen LogP contribution in [0.25, 0.3) is 5.78 Å². The maximum Gasteiger partial charge on any atom is 0.307 e. The molecule has 0 aliphatic carbocycles. The molecule has 162 valence electrons. The maximum atomic E-state index is 13.4. The molecule has 4 rings (SSSR count). The highest BCUT2D eigenvalue weighted by Crippen LogP contribution is 2.36. The van der Waals surface area contributed by atoms with Crippen LogP contribution in [0.2, 0.25) is 0 Å². The van der Waals surface area contributed by atoms with Gasteiger partial charge in [-0.2, -0.15) is 4.98 Å². The third kappa shape index (κ3) is 4.56. The smallest absolute Gasteiger partial charge is 0.307 e. The molecule has 1 atom stereocenters. The van der Waals surface area contributed by atoms with E-state index >= 15 is 0 Å². The van der Waals surface area contributed by atoms with Crippen molar-refractivity contribution in [2.24, 2.45) is 0 Å². The van der Waals surface area contributed by atoms with Crippen molar-refractivity contribution in [1.29, 1.82) is 0 Å². The number of amides is 1. The maximum absolute atomic E-state index is 13.4. The Bertz CT molecular complexity index is 1110. The largest absolute Gasteiger partial charge is 0.481 e. The number of carbonyl (C=O) groups is 2. The van der Waals surface area contributed by atoms with Crippen molar-refractivity contribution in [3.63, 3.8) is 0 Å². The zero-order chi connectivity index (χ0) is 22.0. The molecule has 3 aromatic rings. The third-order valence-electron chi connectivity index (χ3n) is 5.58. The molecular weight excluding hydrogens is 414 g/mol. The van der Waals surface area contributed by atoms with E-state index in [1.165, 1.54) is 11.8 Å². The minimum absolute atomic E-state index is 0.0715. The summed E-state index contributed by atoms with van der Waals surface area (Å²) >= 11 is 1.31. The highest BCUT2D eigenvalue weighted by Gasteiger charge is 2.29. The molecule has 1 amide bonds. The van der Waals surface area contributed by atoms with Gasteiger partial charge < -0.3 is 10.0 Å². The molecule has 1 aromatic carbocycles. The van der Waals surface area contributed by atoms with Crippen molar-refractivity contribution < 1.29 is 14.7 Å². The summed E-state index contributed by atoms with van der Waals surface area (Å²) in [7, 11) is 0. The second-order valence-electron chi connectivity index (χ2n) is 7.73. The molecule has 1 aliphatic heterocycles. The summed E-state index contributed by atoms with van der Waals surface area (Å²) in [6.07, 6.45) is 3.09. The second-order valence-corrected chi connectivity index (χ2v) is 8.80. The van der Waals surface area contributed by atoms with Gasteiger partial charge in [-0.05, 0) is 38.7 Å². The number of piperidine rings is 1. The summed E-state index contributed by atoms with van der Waals surface area (Å²) in [5.74, 6) is -0.440. The number of carbonyl (C=O) groups excluding carboxylic acids is 1. The Hall–Kier alpha value is -2.94. The molecule has 9 heteroatoms. The SMILES string of the molecule is Cc1nc2nc(S[C@H](C(=O)N3CCCCC3)c3ccccc3)nn2c(C)c1CC(=O)O. The second kappa shape index (κ2) is 9.05. The summed E-state index contributed by atoms with van der Waals surface area (Å²) in [6, 6.07) is 9.69. The number of aromatic nitrogens is 4. The summed E-state index contributed by atoms with van der Waals surface area (Å²) in [4.78, 5) is 35.5. The average Bonchev–Trinajstić information content (AvgIpc) is 3.18. The number of hydrogen-bond donors (Lipinski definition) is 1. The molecule has 0 saturated carbocycles. The standard InChI is InChI=1S/C22H25N5O3S/c1-14-17(13-18(28)29)15(2)27-21(23-14)24-22(25-27)31-19(16-9-5-3-6-10-16)20(30)26-11-7-4-8-12-26/h3,5-6,9-10,19H,4,7-8,11-13H2,1-2H3,(H,28,29)/t19-/m0/s1. The van der Waals surface area contributed by atoms with E-state index in [4.69, 9.17) is 0 Å². The summed E-state index contributed by atoms with van der Waals surface area (Å²) in [5.41, 5.74) is 2.86. The van der Waals surface area contributed by atoms with Crippen molar-refractivity contribution in [3.05, 3.63) is 52.8 Å². The van der Waals surface area contributed by atoms with Gasteiger partial charge in [-0.25, -0.2) is 9.50 Å². The molecule has 0 bridgehead atoms. The van der Waals surface area contributed by atoms with E-state index in [1.807, 2.05) is 42.2 Å². The minimum atomic E-state index is -0.918. The molecule has 0 radical (unpaired) electrons. The van der Waals surface area contributed by atoms with Crippen LogP contribution in [-0.4, -0.2) is 54.6 Å². The van der Waals surface area contributed by atoms with Crippen LogP contribution in [0.5, 0.6) is 0 Å². The van der Waals surface area contributed by atoms with Crippen LogP contribution in [0.3, 0.4) is 0 Å². The number of aliphatic carboxylic acids is 1. The fraction of sp³-hybridized carbons (Fsp3) is 0.409. The Kier molecular flexibility index (Phi) is 6.22. The minimum Gasteiger partial charge on any atom is -0.481 e. The molecule has 1 saturated heterocycles. The molecule has 1 aliphatic rings. The van der Waals surface area contributed by atoms with E-state index in [0.717, 1.165) is 37.9 Å². The summed E-state index contributed by atoms with van der Waals surface area (Å²) < 4.78 is 1.57. The first-order chi connectivity index (χ1) is 14.9. The normalized spacial score (nSPS) is 15.2. The number of likely N-dealkylation sites (tertiary alicyclic amines) is 1. The van der Waals surface area contributed by atoms with Gasteiger partial charge in [0.25, 0.3) is 5.78 Å². The van der Waals surface area contributed by atoms with Gasteiger partial charge in [0.15, 0.2) is 0 Å². The van der Waals surface area contributed by atoms with Gasteiger partial charge in [-0.15, -0.1) is 5.10 Å². The van der Waals surface area contributed by atoms with Gasteiger partial charge in [-0.1, -0.05) is 42.1 Å². The first-order valence-corrected chi connectivity index (χ1v) is 11.3. The monoisotopic (exact) mass is 439 g/mol. The van der Waals surface area contributed by atoms with Gasteiger partial charge in [0.1, 0.15) is 5.25 Å². The summed E-state index contributed by atoms with van der Waals surface area (Å²) in [6.45, 7) is 5.15. The number of thioether (sulfide) groups is 1. The van der Waals surface area contributed by atoms with Gasteiger partial charge in [0.2, 0.25) is 11.1 Å². The molecule has 3 heterocycles. The molecule has 2 aromatic heterocycles. The van der Waals surface area contributed by atoms with Crippen LogP contribution in [0.15, 0.2) is 35.5 Å². The predicted octanol–water partition coefficient (Wildman–Crippen LogP) is 3.21. The Labute approximate surface area is 184 Å². The number of carboxylic acid groups (broad SMARTS) is 1. The Morgan fingerprint density at radius 3 is 2.48 bits per heavy atom. The van der Waals surface area contributed by atoms with Crippen molar-refractivity contribution in [2.45, 2.75) is 49.9 Å². The highest BCUT2D eigenvalue weighted by molar-refractivity contribution is 8.00. The first kappa shape index (κ1) is 21.3. The zero-order valence-corrected chi connectivity index (χ0v) is 18.4. The van der Waals surface area contributed by atoms with Crippen LogP contribution in [0, 0.1) is 13.8 Å². The fourth-order valence-corrected chi connectivity index (χ4v) is 4.94. The van der Waals surface area contributed by atoms with Gasteiger partial charge in [0.05, 0.1) is 6.42 Å². The quantitative estimate of drug-likeness (QED) is 0.589. The lowest BCUT2D eigenvalue weighted by Crippen LogP contribution is -2.38. The Morgan fingerprint density at radius 2 is 1.81 bits per heavy atom. The lowest BCUT2D eigenvalue weighted by atomic mass is 10.1. The highest BCUT2D eigenvalue weighted by atomic mass is 32.2. The van der Waals surface area contributed by atoms with E-state index in [1.54, 1.807) is 11.4 Å². The lowest BCUT2D eigenvalue weighted by molar-refractivity contribution is -0.136. The molecule has 8 nitrogen and oxygen atoms in total. The number of nitrogens with zero attached hydrogens (tertiary/aromatic N) is 5. The number of fused-ring (bicyclic) bond motifs is 1. The van der Waals surface area contributed by atoms with Crippen LogP contribution in [-0.2, 0) is 16.0 Å². The molecule has 1 N–H and O–H groups in total. The number of aryl methyl sites for hydroxylation is 2. The average molecular weight is 440 g/mol. The van der Waals surface area contributed by atoms with Crippen molar-refractivity contribution >= 4 is 29.4 Å². The van der Waals surface area contributed by atoms with E-state index in [9.17, 15) is 14.7 Å². The van der Waals surface area contributed by atoms with E-state index < -0.39 is 11.2 Å². The van der Waals surface area contributed by atoms with Crippen LogP contribution < -0.4 is 0 Å². The Morgan fingerprint density at radius 1 is 1.10 bits per heavy atom. The van der Waals surface area contributed by atoms with Gasteiger partial charge in [-0.3, -0.25) is 9.59 Å². The molecular formula is C22H25N5O3S. The Balaban J connectivity index is 1.68. The zero-order valence-electron chi connectivity index (χ0n) is 17.6. The van der Waals surface area contributed by atoms with E-state index in [0.29, 0.717) is 27.9 Å². The topological polar surface area (TPSA) is 101 Å². The summed E-state index contributed by atoms with van der Waals surface area (Å²) in [5, 5.41) is 13.8. The van der Waals surface area contributed by atoms with Crippen molar-refractivity contribution in [2.75, 3.05) is 13.1 Å². The van der Waals surface area contributed by atoms with Crippen LogP contribution >= 0.6 is 11.8 Å². The van der Waals surface area contributed by atoms with Crippen molar-refractivity contribution in [3.8, 4) is 0 Å². The van der Waals surface area contributed by atoms with Gasteiger partial charge >= 0.3 is 5.97 Å². The van der Waals surface area contributed by atoms with E-state index in [2.05, 4.69) is 15.1 Å². The number of hydrogen-bond acceptors (Lipinski definition) is 6. The van der Waals surface area contributed by atoms with Crippen molar-refractivity contribution in [1.82, 2.24) is 24.5 Å². The third-order valence-corrected chi connectivity index (χ3v) is 6.67. The van der Waals surface area contributed by atoms with Crippen LogP contribution in [0.1, 0.15) is 47.0 Å². The number of rotatable bonds is 6. The molecule has 0 unspecified atom stereocenters. The van der Waals surface area contributed by atoms with Crippen LogP contribution in [0.4, 0.5) is 0 Å². The van der Waals surface area contributed by atoms with Gasteiger partial charge in [0, 0.05) is 30.0 Å². The molecule has 1 fully saturated rings. The lowest BCUT2D eigenvalue weighted by Gasteiger charge is -2.30. The molecule has 0 spiro atoms. The number of benzene rings is 1. The first-order valence-electron chi connectivity index (χ1n) is 10.4. The molecule has 31 heavy (non-hydrogen) atoms. The van der Waals surface area contributed by atoms with E-state index in [-0.39, 0.29) is 12.3 Å².